The Bertz CT molecular complexity index is 1050. The fraction of sp³-hybridized carbons (Fsp3) is 0.261. The molecule has 28 heavy (non-hydrogen) atoms. The van der Waals surface area contributed by atoms with Crippen LogP contribution in [0.1, 0.15) is 45.9 Å². The smallest absolute Gasteiger partial charge is 0.339 e. The number of hydrogen-bond donors (Lipinski definition) is 1. The molecule has 0 bridgehead atoms. The number of carbonyl (C=O) groups excluding carboxylic acids is 2. The lowest BCUT2D eigenvalue weighted by Crippen LogP contribution is -2.22. The minimum atomic E-state index is -0.503. The van der Waals surface area contributed by atoms with Crippen LogP contribution in [0, 0.1) is 13.8 Å². The number of ether oxygens (including phenoxy) is 1. The van der Waals surface area contributed by atoms with Crippen molar-refractivity contribution in [2.24, 2.45) is 0 Å². The minimum absolute atomic E-state index is 0.331. The highest BCUT2D eigenvalue weighted by atomic mass is 16.5. The van der Waals surface area contributed by atoms with E-state index < -0.39 is 5.97 Å². The second-order valence-electron chi connectivity index (χ2n) is 7.28. The summed E-state index contributed by atoms with van der Waals surface area (Å²) in [6.45, 7) is 3.52. The van der Waals surface area contributed by atoms with E-state index in [0.29, 0.717) is 11.5 Å². The van der Waals surface area contributed by atoms with Crippen LogP contribution in [0.15, 0.2) is 48.5 Å². The van der Waals surface area contributed by atoms with Gasteiger partial charge in [0.15, 0.2) is 6.61 Å². The van der Waals surface area contributed by atoms with Gasteiger partial charge in [-0.3, -0.25) is 9.78 Å². The number of nitrogens with one attached hydrogen (secondary N) is 1. The number of benzene rings is 2. The van der Waals surface area contributed by atoms with Crippen LogP contribution in [0.25, 0.3) is 10.9 Å². The zero-order valence-corrected chi connectivity index (χ0v) is 16.0. The molecule has 1 aliphatic carbocycles. The van der Waals surface area contributed by atoms with Gasteiger partial charge >= 0.3 is 5.97 Å². The van der Waals surface area contributed by atoms with E-state index in [0.717, 1.165) is 46.3 Å². The summed E-state index contributed by atoms with van der Waals surface area (Å²) in [6.07, 6.45) is 2.19. The molecule has 0 atom stereocenters. The lowest BCUT2D eigenvalue weighted by atomic mass is 10.1. The maximum absolute atomic E-state index is 12.7. The molecule has 5 nitrogen and oxygen atoms in total. The van der Waals surface area contributed by atoms with Crippen molar-refractivity contribution in [2.75, 3.05) is 11.9 Å². The molecule has 1 aliphatic rings. The highest BCUT2D eigenvalue weighted by Gasteiger charge is 2.27. The molecule has 3 aromatic rings. The van der Waals surface area contributed by atoms with Gasteiger partial charge in [-0.05, 0) is 49.9 Å². The fourth-order valence-electron chi connectivity index (χ4n) is 3.35. The number of para-hydroxylation sites is 2. The van der Waals surface area contributed by atoms with Crippen LogP contribution in [0.3, 0.4) is 0 Å². The Balaban J connectivity index is 1.50. The van der Waals surface area contributed by atoms with Crippen LogP contribution in [0.5, 0.6) is 0 Å². The average molecular weight is 374 g/mol. The Hall–Kier alpha value is -3.21. The molecule has 1 amide bonds. The molecule has 1 N–H and O–H groups in total. The van der Waals surface area contributed by atoms with Gasteiger partial charge in [0.05, 0.1) is 11.1 Å². The van der Waals surface area contributed by atoms with E-state index in [1.165, 1.54) is 0 Å². The molecule has 1 saturated carbocycles. The normalized spacial score (nSPS) is 13.4. The number of aryl methyl sites for hydroxylation is 2. The van der Waals surface area contributed by atoms with Crippen LogP contribution >= 0.6 is 0 Å². The van der Waals surface area contributed by atoms with E-state index in [1.54, 1.807) is 0 Å². The van der Waals surface area contributed by atoms with Crippen LogP contribution in [-0.2, 0) is 9.53 Å². The van der Waals surface area contributed by atoms with Crippen LogP contribution < -0.4 is 5.32 Å². The molecule has 0 saturated heterocycles. The van der Waals surface area contributed by atoms with E-state index in [-0.39, 0.29) is 12.5 Å². The molecule has 5 heteroatoms. The highest BCUT2D eigenvalue weighted by molar-refractivity contribution is 6.04. The number of nitrogens with zero attached hydrogens (tertiary/aromatic N) is 1. The van der Waals surface area contributed by atoms with Gasteiger partial charge in [0.1, 0.15) is 0 Å². The predicted molar refractivity (Wildman–Crippen MR) is 109 cm³/mol. The van der Waals surface area contributed by atoms with E-state index >= 15 is 0 Å². The summed E-state index contributed by atoms with van der Waals surface area (Å²) in [7, 11) is 0. The standard InChI is InChI=1S/C23H22N2O3/c1-14-6-5-7-15(2)22(14)25-21(26)13-28-23(27)18-12-20(16-10-11-16)24-19-9-4-3-8-17(18)19/h3-9,12,16H,10-11,13H2,1-2H3,(H,25,26). The van der Waals surface area contributed by atoms with Gasteiger partial charge in [-0.15, -0.1) is 0 Å². The number of hydrogen-bond acceptors (Lipinski definition) is 4. The molecule has 0 radical (unpaired) electrons. The highest BCUT2D eigenvalue weighted by Crippen LogP contribution is 2.40. The van der Waals surface area contributed by atoms with Gasteiger partial charge in [-0.1, -0.05) is 36.4 Å². The number of anilines is 1. The maximum Gasteiger partial charge on any atom is 0.339 e. The van der Waals surface area contributed by atoms with Crippen molar-refractivity contribution in [1.29, 1.82) is 0 Å². The monoisotopic (exact) mass is 374 g/mol. The largest absolute Gasteiger partial charge is 0.452 e. The van der Waals surface area contributed by atoms with Gasteiger partial charge < -0.3 is 10.1 Å². The predicted octanol–water partition coefficient (Wildman–Crippen LogP) is 4.52. The molecular weight excluding hydrogens is 352 g/mol. The molecule has 1 heterocycles. The summed E-state index contributed by atoms with van der Waals surface area (Å²) in [5.41, 5.74) is 4.86. The third kappa shape index (κ3) is 3.74. The van der Waals surface area contributed by atoms with Crippen molar-refractivity contribution in [3.63, 3.8) is 0 Å². The molecule has 1 aromatic heterocycles. The lowest BCUT2D eigenvalue weighted by Gasteiger charge is -2.12. The molecule has 142 valence electrons. The van der Waals surface area contributed by atoms with E-state index in [1.807, 2.05) is 62.4 Å². The van der Waals surface area contributed by atoms with Crippen molar-refractivity contribution in [2.45, 2.75) is 32.6 Å². The number of pyridine rings is 1. The van der Waals surface area contributed by atoms with Gasteiger partial charge in [0, 0.05) is 22.7 Å². The summed E-state index contributed by atoms with van der Waals surface area (Å²) in [4.78, 5) is 29.7. The maximum atomic E-state index is 12.7. The first-order chi connectivity index (χ1) is 13.5. The van der Waals surface area contributed by atoms with Gasteiger partial charge in [-0.2, -0.15) is 0 Å². The first-order valence-corrected chi connectivity index (χ1v) is 9.46. The van der Waals surface area contributed by atoms with E-state index in [2.05, 4.69) is 10.3 Å². The van der Waals surface area contributed by atoms with Crippen molar-refractivity contribution < 1.29 is 14.3 Å². The van der Waals surface area contributed by atoms with Crippen molar-refractivity contribution >= 4 is 28.5 Å². The zero-order valence-electron chi connectivity index (χ0n) is 16.0. The number of carbonyl (C=O) groups is 2. The van der Waals surface area contributed by atoms with Crippen LogP contribution in [0.4, 0.5) is 5.69 Å². The molecule has 4 rings (SSSR count). The third-order valence-corrected chi connectivity index (χ3v) is 5.03. The topological polar surface area (TPSA) is 68.3 Å². The number of rotatable bonds is 5. The average Bonchev–Trinajstić information content (AvgIpc) is 3.53. The number of aromatic nitrogens is 1. The summed E-state index contributed by atoms with van der Waals surface area (Å²) < 4.78 is 5.33. The first-order valence-electron chi connectivity index (χ1n) is 9.46. The van der Waals surface area contributed by atoms with Gasteiger partial charge in [0.2, 0.25) is 0 Å². The molecule has 0 spiro atoms. The molecule has 1 fully saturated rings. The molecule has 0 unspecified atom stereocenters. The number of amides is 1. The number of esters is 1. The zero-order chi connectivity index (χ0) is 19.7. The van der Waals surface area contributed by atoms with E-state index in [9.17, 15) is 9.59 Å². The first kappa shape index (κ1) is 18.2. The van der Waals surface area contributed by atoms with Crippen molar-refractivity contribution in [3.8, 4) is 0 Å². The van der Waals surface area contributed by atoms with Crippen LogP contribution in [-0.4, -0.2) is 23.5 Å². The number of fused-ring (bicyclic) bond motifs is 1. The fourth-order valence-corrected chi connectivity index (χ4v) is 3.35. The Morgan fingerprint density at radius 3 is 2.50 bits per heavy atom. The lowest BCUT2D eigenvalue weighted by molar-refractivity contribution is -0.119. The second-order valence-corrected chi connectivity index (χ2v) is 7.28. The SMILES string of the molecule is Cc1cccc(C)c1NC(=O)COC(=O)c1cc(C2CC2)nc2ccccc12. The molecule has 2 aromatic carbocycles. The van der Waals surface area contributed by atoms with Crippen LogP contribution in [0.2, 0.25) is 0 Å². The Morgan fingerprint density at radius 2 is 1.79 bits per heavy atom. The third-order valence-electron chi connectivity index (χ3n) is 5.03. The Labute approximate surface area is 163 Å². The molecular formula is C23H22N2O3. The quantitative estimate of drug-likeness (QED) is 0.667. The summed E-state index contributed by atoms with van der Waals surface area (Å²) >= 11 is 0. The second kappa shape index (κ2) is 7.43. The minimum Gasteiger partial charge on any atom is -0.452 e. The van der Waals surface area contributed by atoms with Gasteiger partial charge in [-0.25, -0.2) is 4.79 Å². The van der Waals surface area contributed by atoms with Crippen molar-refractivity contribution in [3.05, 3.63) is 70.9 Å². The Morgan fingerprint density at radius 1 is 1.07 bits per heavy atom. The van der Waals surface area contributed by atoms with Gasteiger partial charge in [0.25, 0.3) is 5.91 Å². The Kier molecular flexibility index (Phi) is 4.82. The summed E-state index contributed by atoms with van der Waals surface area (Å²) in [6, 6.07) is 15.1. The summed E-state index contributed by atoms with van der Waals surface area (Å²) in [5.74, 6) is -0.438. The molecule has 0 aliphatic heterocycles. The summed E-state index contributed by atoms with van der Waals surface area (Å²) in [5, 5.41) is 3.58. The van der Waals surface area contributed by atoms with Crippen molar-refractivity contribution in [1.82, 2.24) is 4.98 Å². The van der Waals surface area contributed by atoms with E-state index in [4.69, 9.17) is 4.74 Å².